The lowest BCUT2D eigenvalue weighted by Crippen LogP contribution is -2.35. The number of amides is 1. The summed E-state index contributed by atoms with van der Waals surface area (Å²) in [5.74, 6) is -0.344. The van der Waals surface area contributed by atoms with Crippen LogP contribution in [0.2, 0.25) is 0 Å². The lowest BCUT2D eigenvalue weighted by molar-refractivity contribution is 0.0950. The van der Waals surface area contributed by atoms with Crippen molar-refractivity contribution >= 4 is 22.6 Å². The number of hydrogen-bond donors (Lipinski definition) is 2. The molecule has 0 aliphatic carbocycles. The van der Waals surface area contributed by atoms with Crippen LogP contribution in [0.3, 0.4) is 0 Å². The van der Waals surface area contributed by atoms with Crippen LogP contribution >= 0.6 is 0 Å². The molecule has 3 heterocycles. The first-order chi connectivity index (χ1) is 15.5. The summed E-state index contributed by atoms with van der Waals surface area (Å²) in [7, 11) is 0. The Bertz CT molecular complexity index is 1400. The number of pyridine rings is 2. The van der Waals surface area contributed by atoms with Crippen molar-refractivity contribution in [1.29, 1.82) is 5.41 Å². The Morgan fingerprint density at radius 3 is 2.62 bits per heavy atom. The van der Waals surface area contributed by atoms with Crippen molar-refractivity contribution in [2.75, 3.05) is 6.54 Å². The minimum atomic E-state index is -0.344. The maximum atomic E-state index is 13.3. The molecule has 3 aromatic heterocycles. The molecule has 0 aliphatic rings. The van der Waals surface area contributed by atoms with Gasteiger partial charge in [0.2, 0.25) is 0 Å². The molecular weight excluding hydrogens is 402 g/mol. The molecule has 0 saturated heterocycles. The highest BCUT2D eigenvalue weighted by molar-refractivity contribution is 5.96. The van der Waals surface area contributed by atoms with E-state index in [4.69, 9.17) is 10.4 Å². The molecule has 1 aromatic carbocycles. The van der Waals surface area contributed by atoms with E-state index in [9.17, 15) is 9.59 Å². The molecule has 2 N–H and O–H groups in total. The maximum Gasteiger partial charge on any atom is 0.267 e. The molecule has 0 aliphatic heterocycles. The van der Waals surface area contributed by atoms with Crippen molar-refractivity contribution in [1.82, 2.24) is 19.3 Å². The Kier molecular flexibility index (Phi) is 6.16. The quantitative estimate of drug-likeness (QED) is 0.348. The second kappa shape index (κ2) is 9.18. The van der Waals surface area contributed by atoms with Gasteiger partial charge in [-0.25, -0.2) is 4.98 Å². The highest BCUT2D eigenvalue weighted by atomic mass is 16.1. The van der Waals surface area contributed by atoms with E-state index in [0.717, 1.165) is 30.4 Å². The highest BCUT2D eigenvalue weighted by Crippen LogP contribution is 2.14. The Hall–Kier alpha value is -3.74. The number of benzene rings is 1. The van der Waals surface area contributed by atoms with Crippen molar-refractivity contribution in [3.8, 4) is 0 Å². The van der Waals surface area contributed by atoms with E-state index in [0.29, 0.717) is 29.8 Å². The van der Waals surface area contributed by atoms with Gasteiger partial charge in [0.05, 0.1) is 17.5 Å². The molecule has 0 spiro atoms. The number of hydrogen-bond acceptors (Lipinski definition) is 4. The smallest absolute Gasteiger partial charge is 0.267 e. The van der Waals surface area contributed by atoms with Crippen LogP contribution in [-0.4, -0.2) is 26.4 Å². The molecule has 1 amide bonds. The van der Waals surface area contributed by atoms with Gasteiger partial charge in [-0.05, 0) is 36.6 Å². The lowest BCUT2D eigenvalue weighted by atomic mass is 10.1. The third-order valence-corrected chi connectivity index (χ3v) is 5.63. The fourth-order valence-corrected chi connectivity index (χ4v) is 3.86. The summed E-state index contributed by atoms with van der Waals surface area (Å²) in [6.07, 6.45) is 4.64. The number of carbonyl (C=O) groups excluding carboxylic acids is 1. The molecule has 0 atom stereocenters. The Labute approximate surface area is 185 Å². The van der Waals surface area contributed by atoms with Crippen molar-refractivity contribution in [2.24, 2.45) is 0 Å². The summed E-state index contributed by atoms with van der Waals surface area (Å²) in [4.78, 5) is 31.0. The summed E-state index contributed by atoms with van der Waals surface area (Å²) in [6, 6.07) is 14.9. The van der Waals surface area contributed by atoms with E-state index in [-0.39, 0.29) is 22.5 Å². The fraction of sp³-hybridized carbons (Fsp3) is 0.280. The first kappa shape index (κ1) is 21.5. The number of aromatic nitrogens is 3. The summed E-state index contributed by atoms with van der Waals surface area (Å²) in [6.45, 7) is 4.87. The number of nitrogens with zero attached hydrogens (tertiary/aromatic N) is 3. The summed E-state index contributed by atoms with van der Waals surface area (Å²) in [5, 5.41) is 12.0. The average molecular weight is 430 g/mol. The number of fused-ring (bicyclic) bond motifs is 2. The van der Waals surface area contributed by atoms with Gasteiger partial charge < -0.3 is 9.88 Å². The maximum absolute atomic E-state index is 13.3. The zero-order valence-electron chi connectivity index (χ0n) is 18.4. The molecular formula is C25H27N5O2. The molecule has 32 heavy (non-hydrogen) atoms. The molecule has 0 bridgehead atoms. The van der Waals surface area contributed by atoms with Crippen molar-refractivity contribution in [3.63, 3.8) is 0 Å². The summed E-state index contributed by atoms with van der Waals surface area (Å²) < 4.78 is 3.15. The first-order valence-corrected chi connectivity index (χ1v) is 10.9. The molecule has 164 valence electrons. The van der Waals surface area contributed by atoms with Gasteiger partial charge in [0, 0.05) is 12.7 Å². The predicted octanol–water partition coefficient (Wildman–Crippen LogP) is 3.41. The van der Waals surface area contributed by atoms with Crippen LogP contribution in [0.15, 0.2) is 59.5 Å². The van der Waals surface area contributed by atoms with Crippen LogP contribution in [0.1, 0.15) is 47.7 Å². The molecule has 4 rings (SSSR count). The Morgan fingerprint density at radius 2 is 1.88 bits per heavy atom. The molecule has 4 aromatic rings. The molecule has 7 nitrogen and oxygen atoms in total. The van der Waals surface area contributed by atoms with Crippen LogP contribution in [0.25, 0.3) is 16.7 Å². The topological polar surface area (TPSA) is 92.2 Å². The zero-order valence-corrected chi connectivity index (χ0v) is 18.4. The second-order valence-electron chi connectivity index (χ2n) is 7.98. The van der Waals surface area contributed by atoms with Gasteiger partial charge in [0.1, 0.15) is 16.8 Å². The van der Waals surface area contributed by atoms with Gasteiger partial charge in [0.25, 0.3) is 11.5 Å². The van der Waals surface area contributed by atoms with Gasteiger partial charge in [-0.1, -0.05) is 56.2 Å². The highest BCUT2D eigenvalue weighted by Gasteiger charge is 2.18. The third-order valence-electron chi connectivity index (χ3n) is 5.63. The number of nitrogens with one attached hydrogen (secondary N) is 2. The van der Waals surface area contributed by atoms with E-state index in [1.54, 1.807) is 16.8 Å². The molecule has 7 heteroatoms. The number of carbonyl (C=O) groups is 1. The van der Waals surface area contributed by atoms with Gasteiger partial charge in [-0.3, -0.25) is 19.4 Å². The fourth-order valence-electron chi connectivity index (χ4n) is 3.86. The van der Waals surface area contributed by atoms with Crippen LogP contribution in [0.5, 0.6) is 0 Å². The van der Waals surface area contributed by atoms with E-state index in [2.05, 4.69) is 12.2 Å². The largest absolute Gasteiger partial charge is 0.352 e. The van der Waals surface area contributed by atoms with Gasteiger partial charge in [0.15, 0.2) is 0 Å². The Morgan fingerprint density at radius 1 is 1.09 bits per heavy atom. The number of rotatable bonds is 7. The van der Waals surface area contributed by atoms with Gasteiger partial charge in [-0.2, -0.15) is 0 Å². The van der Waals surface area contributed by atoms with E-state index in [1.165, 1.54) is 10.5 Å². The normalized spacial score (nSPS) is 11.2. The molecule has 0 saturated carbocycles. The zero-order chi connectivity index (χ0) is 22.7. The predicted molar refractivity (Wildman–Crippen MR) is 125 cm³/mol. The second-order valence-corrected chi connectivity index (χ2v) is 7.98. The third kappa shape index (κ3) is 4.06. The summed E-state index contributed by atoms with van der Waals surface area (Å²) in [5.41, 5.74) is 2.73. The molecule has 0 unspecified atom stereocenters. The Balaban J connectivity index is 1.94. The van der Waals surface area contributed by atoms with Crippen LogP contribution in [-0.2, 0) is 6.54 Å². The van der Waals surface area contributed by atoms with Crippen LogP contribution < -0.4 is 16.4 Å². The standard InChI is InChI=1S/C25H27N5O2/c1-3-4-8-13-27-24(31)19-15-20-23(28-22-17(2)10-9-14-29(22)25(20)32)30(21(19)26)16-18-11-6-5-7-12-18/h5-7,9-12,14-15,26H,3-4,8,13,16H2,1-2H3,(H,27,31). The van der Waals surface area contributed by atoms with Gasteiger partial charge >= 0.3 is 0 Å². The van der Waals surface area contributed by atoms with Gasteiger partial charge in [-0.15, -0.1) is 0 Å². The number of aryl methyl sites for hydroxylation is 1. The molecule has 0 radical (unpaired) electrons. The van der Waals surface area contributed by atoms with Crippen molar-refractivity contribution < 1.29 is 4.79 Å². The van der Waals surface area contributed by atoms with E-state index in [1.807, 2.05) is 43.3 Å². The van der Waals surface area contributed by atoms with E-state index >= 15 is 0 Å². The molecule has 0 fully saturated rings. The summed E-state index contributed by atoms with van der Waals surface area (Å²) >= 11 is 0. The van der Waals surface area contributed by atoms with E-state index < -0.39 is 0 Å². The average Bonchev–Trinajstić information content (AvgIpc) is 2.80. The monoisotopic (exact) mass is 429 g/mol. The SMILES string of the molecule is CCCCCNC(=O)c1cc2c(=O)n3cccc(C)c3nc2n(Cc2ccccc2)c1=N. The van der Waals surface area contributed by atoms with Crippen molar-refractivity contribution in [3.05, 3.63) is 87.3 Å². The minimum absolute atomic E-state index is 0.0409. The van der Waals surface area contributed by atoms with Crippen LogP contribution in [0, 0.1) is 12.3 Å². The van der Waals surface area contributed by atoms with Crippen molar-refractivity contribution in [2.45, 2.75) is 39.7 Å². The minimum Gasteiger partial charge on any atom is -0.352 e. The number of unbranched alkanes of at least 4 members (excludes halogenated alkanes) is 2. The van der Waals surface area contributed by atoms with Crippen LogP contribution in [0.4, 0.5) is 0 Å². The lowest BCUT2D eigenvalue weighted by Gasteiger charge is -2.15. The first-order valence-electron chi connectivity index (χ1n) is 10.9.